The summed E-state index contributed by atoms with van der Waals surface area (Å²) in [6.45, 7) is 2.37. The van der Waals surface area contributed by atoms with E-state index >= 15 is 0 Å². The van der Waals surface area contributed by atoms with Crippen LogP contribution in [-0.4, -0.2) is 24.5 Å². The summed E-state index contributed by atoms with van der Waals surface area (Å²) in [5.41, 5.74) is 0. The van der Waals surface area contributed by atoms with E-state index in [0.29, 0.717) is 19.0 Å². The molecule has 1 amide bonds. The molecule has 0 aromatic rings. The van der Waals surface area contributed by atoms with Crippen LogP contribution in [-0.2, 0) is 4.79 Å². The van der Waals surface area contributed by atoms with E-state index in [1.807, 2.05) is 6.92 Å². The lowest BCUT2D eigenvalue weighted by Gasteiger charge is -2.23. The van der Waals surface area contributed by atoms with Gasteiger partial charge < -0.3 is 10.6 Å². The zero-order chi connectivity index (χ0) is 11.8. The second-order valence-corrected chi connectivity index (χ2v) is 4.59. The highest BCUT2D eigenvalue weighted by Crippen LogP contribution is 2.16. The van der Waals surface area contributed by atoms with Crippen molar-refractivity contribution in [2.75, 3.05) is 6.54 Å². The Morgan fingerprint density at radius 3 is 2.75 bits per heavy atom. The zero-order valence-electron chi connectivity index (χ0n) is 10.1. The Morgan fingerprint density at radius 2 is 2.12 bits per heavy atom. The Kier molecular flexibility index (Phi) is 5.95. The molecule has 1 unspecified atom stereocenters. The van der Waals surface area contributed by atoms with Gasteiger partial charge in [-0.3, -0.25) is 4.79 Å². The van der Waals surface area contributed by atoms with Crippen LogP contribution in [0.5, 0.6) is 0 Å². The van der Waals surface area contributed by atoms with Gasteiger partial charge in [-0.2, -0.15) is 0 Å². The number of hydrogen-bond donors (Lipinski definition) is 2. The first-order chi connectivity index (χ1) is 7.72. The maximum absolute atomic E-state index is 11.6. The van der Waals surface area contributed by atoms with Crippen molar-refractivity contribution in [3.05, 3.63) is 0 Å². The van der Waals surface area contributed by atoms with Crippen molar-refractivity contribution in [1.29, 1.82) is 0 Å². The van der Waals surface area contributed by atoms with Gasteiger partial charge in [0.05, 0.1) is 6.54 Å². The van der Waals surface area contributed by atoms with Crippen LogP contribution in [0.15, 0.2) is 0 Å². The largest absolute Gasteiger partial charge is 0.352 e. The van der Waals surface area contributed by atoms with Gasteiger partial charge in [0.15, 0.2) is 0 Å². The molecule has 0 saturated heterocycles. The van der Waals surface area contributed by atoms with E-state index < -0.39 is 0 Å². The average Bonchev–Trinajstić information content (AvgIpc) is 2.28. The topological polar surface area (TPSA) is 41.1 Å². The minimum atomic E-state index is 0.0933. The molecule has 1 rings (SSSR count). The summed E-state index contributed by atoms with van der Waals surface area (Å²) >= 11 is 0. The molecule has 3 heteroatoms. The first-order valence-corrected chi connectivity index (χ1v) is 6.18. The Hall–Kier alpha value is -1.01. The lowest BCUT2D eigenvalue weighted by Crippen LogP contribution is -2.43. The summed E-state index contributed by atoms with van der Waals surface area (Å²) in [5.74, 6) is 2.67. The molecule has 0 aliphatic heterocycles. The number of carbonyl (C=O) groups excluding carboxylic acids is 1. The Balaban J connectivity index is 2.12. The van der Waals surface area contributed by atoms with Crippen LogP contribution < -0.4 is 10.6 Å². The molecule has 1 aliphatic rings. The maximum Gasteiger partial charge on any atom is 0.234 e. The molecule has 1 fully saturated rings. The van der Waals surface area contributed by atoms with E-state index in [0.717, 1.165) is 12.8 Å². The highest BCUT2D eigenvalue weighted by atomic mass is 16.1. The second-order valence-electron chi connectivity index (χ2n) is 4.59. The summed E-state index contributed by atoms with van der Waals surface area (Å²) in [7, 11) is 0. The monoisotopic (exact) mass is 222 g/mol. The van der Waals surface area contributed by atoms with Gasteiger partial charge in [-0.15, -0.1) is 12.3 Å². The van der Waals surface area contributed by atoms with Gasteiger partial charge in [0.1, 0.15) is 0 Å². The summed E-state index contributed by atoms with van der Waals surface area (Å²) in [5, 5.41) is 6.18. The Morgan fingerprint density at radius 1 is 1.44 bits per heavy atom. The molecule has 0 aromatic heterocycles. The highest BCUT2D eigenvalue weighted by molar-refractivity contribution is 5.78. The van der Waals surface area contributed by atoms with Crippen molar-refractivity contribution >= 4 is 5.91 Å². The fourth-order valence-electron chi connectivity index (χ4n) is 2.04. The van der Waals surface area contributed by atoms with Crippen LogP contribution >= 0.6 is 0 Å². The van der Waals surface area contributed by atoms with E-state index in [1.54, 1.807) is 0 Å². The van der Waals surface area contributed by atoms with Crippen molar-refractivity contribution in [3.63, 3.8) is 0 Å². The predicted molar refractivity (Wildman–Crippen MR) is 65.9 cm³/mol. The molecular weight excluding hydrogens is 200 g/mol. The van der Waals surface area contributed by atoms with E-state index in [9.17, 15) is 4.79 Å². The van der Waals surface area contributed by atoms with Crippen molar-refractivity contribution < 1.29 is 4.79 Å². The van der Waals surface area contributed by atoms with Crippen LogP contribution in [0.2, 0.25) is 0 Å². The number of terminal acetylenes is 1. The van der Waals surface area contributed by atoms with Crippen LogP contribution in [0.1, 0.15) is 45.4 Å². The van der Waals surface area contributed by atoms with Crippen molar-refractivity contribution in [2.24, 2.45) is 0 Å². The minimum absolute atomic E-state index is 0.0933. The molecule has 90 valence electrons. The van der Waals surface area contributed by atoms with E-state index in [4.69, 9.17) is 6.42 Å². The molecule has 1 saturated carbocycles. The standard InChI is InChI=1S/C13H22N2O/c1-3-7-11(2)14-10-13(16)15-12-8-5-4-6-9-12/h1,11-12,14H,4-10H2,2H3,(H,15,16). The van der Waals surface area contributed by atoms with Crippen LogP contribution in [0.4, 0.5) is 0 Å². The van der Waals surface area contributed by atoms with Crippen LogP contribution in [0, 0.1) is 12.3 Å². The van der Waals surface area contributed by atoms with Gasteiger partial charge >= 0.3 is 0 Å². The SMILES string of the molecule is C#CCC(C)NCC(=O)NC1CCCCC1. The molecule has 0 radical (unpaired) electrons. The summed E-state index contributed by atoms with van der Waals surface area (Å²) < 4.78 is 0. The van der Waals surface area contributed by atoms with Crippen molar-refractivity contribution in [1.82, 2.24) is 10.6 Å². The number of nitrogens with one attached hydrogen (secondary N) is 2. The third-order valence-electron chi connectivity index (χ3n) is 3.01. The zero-order valence-corrected chi connectivity index (χ0v) is 10.1. The molecule has 0 spiro atoms. The van der Waals surface area contributed by atoms with Crippen molar-refractivity contribution in [3.8, 4) is 12.3 Å². The first-order valence-electron chi connectivity index (χ1n) is 6.18. The first kappa shape index (κ1) is 13.1. The molecule has 0 bridgehead atoms. The molecule has 1 aliphatic carbocycles. The quantitative estimate of drug-likeness (QED) is 0.691. The lowest BCUT2D eigenvalue weighted by molar-refractivity contribution is -0.121. The predicted octanol–water partition coefficient (Wildman–Crippen LogP) is 1.44. The van der Waals surface area contributed by atoms with Gasteiger partial charge in [0.2, 0.25) is 5.91 Å². The van der Waals surface area contributed by atoms with Gasteiger partial charge in [-0.1, -0.05) is 19.3 Å². The van der Waals surface area contributed by atoms with Crippen molar-refractivity contribution in [2.45, 2.75) is 57.5 Å². The molecule has 0 heterocycles. The summed E-state index contributed by atoms with van der Waals surface area (Å²) in [4.78, 5) is 11.6. The second kappa shape index (κ2) is 7.29. The Labute approximate surface area is 98.4 Å². The smallest absolute Gasteiger partial charge is 0.234 e. The molecule has 1 atom stereocenters. The average molecular weight is 222 g/mol. The van der Waals surface area contributed by atoms with Gasteiger partial charge in [-0.25, -0.2) is 0 Å². The Bertz CT molecular complexity index is 251. The van der Waals surface area contributed by atoms with E-state index in [1.165, 1.54) is 19.3 Å². The lowest BCUT2D eigenvalue weighted by atomic mass is 9.95. The number of rotatable bonds is 5. The molecule has 2 N–H and O–H groups in total. The summed E-state index contributed by atoms with van der Waals surface area (Å²) in [6, 6.07) is 0.605. The number of hydrogen-bond acceptors (Lipinski definition) is 2. The summed E-state index contributed by atoms with van der Waals surface area (Å²) in [6.07, 6.45) is 11.9. The van der Waals surface area contributed by atoms with Gasteiger partial charge in [-0.05, 0) is 19.8 Å². The fraction of sp³-hybridized carbons (Fsp3) is 0.769. The normalized spacial score (nSPS) is 18.8. The molecular formula is C13H22N2O. The molecule has 0 aromatic carbocycles. The third kappa shape index (κ3) is 5.18. The third-order valence-corrected chi connectivity index (χ3v) is 3.01. The van der Waals surface area contributed by atoms with Crippen LogP contribution in [0.25, 0.3) is 0 Å². The number of amides is 1. The van der Waals surface area contributed by atoms with Gasteiger partial charge in [0.25, 0.3) is 0 Å². The molecule has 16 heavy (non-hydrogen) atoms. The van der Waals surface area contributed by atoms with E-state index in [2.05, 4.69) is 16.6 Å². The van der Waals surface area contributed by atoms with Gasteiger partial charge in [0, 0.05) is 18.5 Å². The minimum Gasteiger partial charge on any atom is -0.352 e. The number of carbonyl (C=O) groups is 1. The fourth-order valence-corrected chi connectivity index (χ4v) is 2.04. The maximum atomic E-state index is 11.6. The molecule has 3 nitrogen and oxygen atoms in total. The van der Waals surface area contributed by atoms with E-state index in [-0.39, 0.29) is 11.9 Å². The highest BCUT2D eigenvalue weighted by Gasteiger charge is 2.15. The van der Waals surface area contributed by atoms with Crippen LogP contribution in [0.3, 0.4) is 0 Å².